The zero-order chi connectivity index (χ0) is 41.1. The summed E-state index contributed by atoms with van der Waals surface area (Å²) in [5.74, 6) is 0. The summed E-state index contributed by atoms with van der Waals surface area (Å²) in [6.07, 6.45) is 0. The van der Waals surface area contributed by atoms with Gasteiger partial charge in [0.15, 0.2) is 0 Å². The summed E-state index contributed by atoms with van der Waals surface area (Å²) in [6, 6.07) is 77.5. The lowest BCUT2D eigenvalue weighted by Gasteiger charge is -2.15. The fraction of sp³-hybridized carbons (Fsp3) is 0. The monoisotopic (exact) mass is 785 g/mol. The molecule has 0 unspecified atom stereocenters. The number of benzene rings is 10. The molecule has 0 radical (unpaired) electrons. The molecule has 0 saturated carbocycles. The lowest BCUT2D eigenvalue weighted by Crippen LogP contribution is -1.91. The molecule has 0 spiro atoms. The van der Waals surface area contributed by atoms with Gasteiger partial charge in [0.05, 0.1) is 34.1 Å². The Kier molecular flexibility index (Phi) is 8.23. The Morgan fingerprint density at radius 2 is 0.726 bits per heavy atom. The van der Waals surface area contributed by atoms with Gasteiger partial charge in [-0.15, -0.1) is 0 Å². The van der Waals surface area contributed by atoms with Crippen LogP contribution in [0.15, 0.2) is 212 Å². The summed E-state index contributed by atoms with van der Waals surface area (Å²) in [5, 5.41) is 22.2. The third-order valence-electron chi connectivity index (χ3n) is 12.5. The summed E-state index contributed by atoms with van der Waals surface area (Å²) in [7, 11) is 0. The molecule has 0 amide bonds. The van der Waals surface area contributed by atoms with Gasteiger partial charge in [-0.25, -0.2) is 9.97 Å². The molecule has 2 heterocycles. The Labute approximate surface area is 358 Å². The van der Waals surface area contributed by atoms with Crippen molar-refractivity contribution in [3.63, 3.8) is 0 Å². The fourth-order valence-corrected chi connectivity index (χ4v) is 9.42. The van der Waals surface area contributed by atoms with Gasteiger partial charge in [0.25, 0.3) is 0 Å². The molecular weight excluding hydrogens is 751 g/mol. The standard InChI is InChI=1S/C59H35N3/c60-36-37-32-44(43-24-27-54-52-16-7-6-14-50(52)51-15-8-9-17-53(51)55(54)35-43)34-45(33-37)47-29-28-46(48-12-4-5-13-49(47)48)38-18-20-40(21-19-38)57-31-26-42-23-22-41-25-30-56(39-10-2-1-3-11-39)61-58(41)59(42)62-57/h1-35H. The maximum atomic E-state index is 10.3. The van der Waals surface area contributed by atoms with Gasteiger partial charge >= 0.3 is 0 Å². The van der Waals surface area contributed by atoms with E-state index in [-0.39, 0.29) is 0 Å². The van der Waals surface area contributed by atoms with Gasteiger partial charge in [-0.05, 0) is 113 Å². The van der Waals surface area contributed by atoms with Crippen molar-refractivity contribution in [3.8, 4) is 62.0 Å². The highest BCUT2D eigenvalue weighted by molar-refractivity contribution is 6.25. The first kappa shape index (κ1) is 35.5. The first-order valence-corrected chi connectivity index (χ1v) is 20.9. The van der Waals surface area contributed by atoms with Crippen LogP contribution in [0.2, 0.25) is 0 Å². The normalized spacial score (nSPS) is 11.5. The summed E-state index contributed by atoms with van der Waals surface area (Å²) >= 11 is 0. The molecule has 286 valence electrons. The van der Waals surface area contributed by atoms with Crippen LogP contribution < -0.4 is 0 Å². The third kappa shape index (κ3) is 5.89. The second kappa shape index (κ2) is 14.4. The number of hydrogen-bond donors (Lipinski definition) is 0. The van der Waals surface area contributed by atoms with Crippen LogP contribution >= 0.6 is 0 Å². The zero-order valence-corrected chi connectivity index (χ0v) is 33.5. The maximum absolute atomic E-state index is 10.3. The molecule has 2 aromatic heterocycles. The molecule has 0 aliphatic heterocycles. The van der Waals surface area contributed by atoms with Crippen LogP contribution in [-0.4, -0.2) is 9.97 Å². The average molecular weight is 786 g/mol. The van der Waals surface area contributed by atoms with Crippen LogP contribution in [0.25, 0.3) is 121 Å². The van der Waals surface area contributed by atoms with Gasteiger partial charge in [-0.2, -0.15) is 5.26 Å². The van der Waals surface area contributed by atoms with E-state index in [1.807, 2.05) is 30.3 Å². The van der Waals surface area contributed by atoms with E-state index in [0.29, 0.717) is 5.56 Å². The minimum Gasteiger partial charge on any atom is -0.245 e. The van der Waals surface area contributed by atoms with Gasteiger partial charge in [-0.1, -0.05) is 176 Å². The Morgan fingerprint density at radius 1 is 0.290 bits per heavy atom. The first-order chi connectivity index (χ1) is 30.7. The van der Waals surface area contributed by atoms with Crippen LogP contribution in [0.4, 0.5) is 0 Å². The van der Waals surface area contributed by atoms with Crippen molar-refractivity contribution in [3.05, 3.63) is 218 Å². The van der Waals surface area contributed by atoms with Crippen LogP contribution in [0.5, 0.6) is 0 Å². The van der Waals surface area contributed by atoms with Gasteiger partial charge < -0.3 is 0 Å². The van der Waals surface area contributed by atoms with Gasteiger partial charge in [0, 0.05) is 21.9 Å². The second-order valence-corrected chi connectivity index (χ2v) is 16.0. The molecule has 62 heavy (non-hydrogen) atoms. The van der Waals surface area contributed by atoms with Crippen molar-refractivity contribution >= 4 is 64.9 Å². The summed E-state index contributed by atoms with van der Waals surface area (Å²) in [5.41, 5.74) is 12.9. The predicted molar refractivity (Wildman–Crippen MR) is 259 cm³/mol. The summed E-state index contributed by atoms with van der Waals surface area (Å²) in [4.78, 5) is 10.3. The Morgan fingerprint density at radius 3 is 1.31 bits per heavy atom. The van der Waals surface area contributed by atoms with Crippen molar-refractivity contribution in [1.29, 1.82) is 5.26 Å². The predicted octanol–water partition coefficient (Wildman–Crippen LogP) is 15.6. The average Bonchev–Trinajstić information content (AvgIpc) is 3.35. The summed E-state index contributed by atoms with van der Waals surface area (Å²) < 4.78 is 0. The minimum absolute atomic E-state index is 0.632. The molecule has 0 N–H and O–H groups in total. The van der Waals surface area contributed by atoms with Gasteiger partial charge in [0.2, 0.25) is 0 Å². The van der Waals surface area contributed by atoms with E-state index in [0.717, 1.165) is 88.5 Å². The van der Waals surface area contributed by atoms with Crippen molar-refractivity contribution in [2.24, 2.45) is 0 Å². The van der Waals surface area contributed by atoms with Crippen molar-refractivity contribution in [2.75, 3.05) is 0 Å². The molecule has 12 aromatic rings. The van der Waals surface area contributed by atoms with Crippen LogP contribution in [0.1, 0.15) is 5.56 Å². The van der Waals surface area contributed by atoms with E-state index < -0.39 is 0 Å². The van der Waals surface area contributed by atoms with E-state index in [2.05, 4.69) is 188 Å². The molecule has 0 aliphatic carbocycles. The van der Waals surface area contributed by atoms with Crippen LogP contribution in [0, 0.1) is 11.3 Å². The first-order valence-electron chi connectivity index (χ1n) is 20.9. The highest BCUT2D eigenvalue weighted by atomic mass is 14.8. The summed E-state index contributed by atoms with van der Waals surface area (Å²) in [6.45, 7) is 0. The number of rotatable bonds is 5. The Balaban J connectivity index is 0.920. The zero-order valence-electron chi connectivity index (χ0n) is 33.5. The SMILES string of the molecule is N#Cc1cc(-c2ccc3c4ccccc4c4ccccc4c3c2)cc(-c2ccc(-c3ccc(-c4ccc5ccc6ccc(-c7ccccc7)nc6c5n4)cc3)c3ccccc23)c1. The lowest BCUT2D eigenvalue weighted by atomic mass is 9.89. The van der Waals surface area contributed by atoms with Crippen molar-refractivity contribution in [1.82, 2.24) is 9.97 Å². The topological polar surface area (TPSA) is 49.6 Å². The maximum Gasteiger partial charge on any atom is 0.0992 e. The quantitative estimate of drug-likeness (QED) is 0.163. The van der Waals surface area contributed by atoms with E-state index >= 15 is 0 Å². The Bertz CT molecular complexity index is 3770. The van der Waals surface area contributed by atoms with E-state index in [1.165, 1.54) is 32.3 Å². The molecule has 0 bridgehead atoms. The number of pyridine rings is 2. The van der Waals surface area contributed by atoms with Crippen molar-refractivity contribution in [2.45, 2.75) is 0 Å². The molecule has 0 saturated heterocycles. The minimum atomic E-state index is 0.632. The van der Waals surface area contributed by atoms with E-state index in [1.54, 1.807) is 0 Å². The number of nitriles is 1. The number of aromatic nitrogens is 2. The Hall–Kier alpha value is -8.45. The second-order valence-electron chi connectivity index (χ2n) is 16.0. The highest BCUT2D eigenvalue weighted by Crippen LogP contribution is 2.41. The molecule has 12 rings (SSSR count). The lowest BCUT2D eigenvalue weighted by molar-refractivity contribution is 1.36. The van der Waals surface area contributed by atoms with Gasteiger partial charge in [0.1, 0.15) is 0 Å². The van der Waals surface area contributed by atoms with Crippen LogP contribution in [-0.2, 0) is 0 Å². The molecule has 0 fully saturated rings. The molecule has 0 aliphatic rings. The molecule has 3 heteroatoms. The number of hydrogen-bond acceptors (Lipinski definition) is 3. The van der Waals surface area contributed by atoms with Crippen LogP contribution in [0.3, 0.4) is 0 Å². The molecule has 0 atom stereocenters. The molecule has 3 nitrogen and oxygen atoms in total. The third-order valence-corrected chi connectivity index (χ3v) is 12.5. The van der Waals surface area contributed by atoms with E-state index in [4.69, 9.17) is 9.97 Å². The van der Waals surface area contributed by atoms with E-state index in [9.17, 15) is 5.26 Å². The smallest absolute Gasteiger partial charge is 0.0992 e. The fourth-order valence-electron chi connectivity index (χ4n) is 9.42. The van der Waals surface area contributed by atoms with Gasteiger partial charge in [-0.3, -0.25) is 0 Å². The number of nitrogens with zero attached hydrogens (tertiary/aromatic N) is 3. The largest absolute Gasteiger partial charge is 0.245 e. The molecular formula is C59H35N3. The highest BCUT2D eigenvalue weighted by Gasteiger charge is 2.15. The van der Waals surface area contributed by atoms with Crippen molar-refractivity contribution < 1.29 is 0 Å². The molecule has 10 aromatic carbocycles. The number of fused-ring (bicyclic) bond motifs is 10.